The van der Waals surface area contributed by atoms with Crippen LogP contribution in [0.4, 0.5) is 0 Å². The van der Waals surface area contributed by atoms with Crippen LogP contribution >= 0.6 is 58.2 Å². The van der Waals surface area contributed by atoms with Crippen molar-refractivity contribution in [2.24, 2.45) is 0 Å². The van der Waals surface area contributed by atoms with E-state index in [1.54, 1.807) is 0 Å². The lowest BCUT2D eigenvalue weighted by Crippen LogP contribution is -2.11. The molecule has 0 aromatic heterocycles. The van der Waals surface area contributed by atoms with Gasteiger partial charge in [-0.1, -0.05) is 76.7 Å². The third kappa shape index (κ3) is 5.44. The molecule has 0 radical (unpaired) electrons. The van der Waals surface area contributed by atoms with Crippen LogP contribution in [0.2, 0.25) is 0 Å². The Kier molecular flexibility index (Phi) is 7.39. The summed E-state index contributed by atoms with van der Waals surface area (Å²) in [5.41, 5.74) is 0.613. The van der Waals surface area contributed by atoms with Gasteiger partial charge in [0.25, 0.3) is 0 Å². The second-order valence-electron chi connectivity index (χ2n) is 3.24. The molecule has 0 spiro atoms. The van der Waals surface area contributed by atoms with Gasteiger partial charge in [0.2, 0.25) is 0 Å². The van der Waals surface area contributed by atoms with Gasteiger partial charge in [-0.2, -0.15) is 0 Å². The average molecular weight is 360 g/mol. The highest BCUT2D eigenvalue weighted by molar-refractivity contribution is 8.03. The van der Waals surface area contributed by atoms with Gasteiger partial charge in [-0.3, -0.25) is 5.21 Å². The Morgan fingerprint density at radius 3 is 2.21 bits per heavy atom. The number of halogens is 4. The van der Waals surface area contributed by atoms with E-state index in [-0.39, 0.29) is 19.6 Å². The van der Waals surface area contributed by atoms with Crippen molar-refractivity contribution in [3.05, 3.63) is 60.7 Å². The monoisotopic (exact) mass is 358 g/mol. The molecule has 19 heavy (non-hydrogen) atoms. The third-order valence-corrected chi connectivity index (χ3v) is 4.33. The van der Waals surface area contributed by atoms with Crippen LogP contribution in [0.3, 0.4) is 0 Å². The van der Waals surface area contributed by atoms with Gasteiger partial charge in [0.1, 0.15) is 8.86 Å². The third-order valence-electron chi connectivity index (χ3n) is 1.96. The highest BCUT2D eigenvalue weighted by atomic mass is 35.5. The minimum absolute atomic E-state index is 0.00912. The molecule has 1 rings (SSSR count). The molecule has 0 aliphatic carbocycles. The molecule has 0 saturated carbocycles. The van der Waals surface area contributed by atoms with Gasteiger partial charge >= 0.3 is 0 Å². The second kappa shape index (κ2) is 8.27. The minimum Gasteiger partial charge on any atom is -0.733 e. The van der Waals surface area contributed by atoms with Crippen LogP contribution in [-0.4, -0.2) is 10.4 Å². The van der Waals surface area contributed by atoms with Gasteiger partial charge in [0, 0.05) is 5.75 Å². The molecule has 8 heteroatoms. The first kappa shape index (κ1) is 17.0. The molecule has 0 fully saturated rings. The molecule has 3 nitrogen and oxygen atoms in total. The van der Waals surface area contributed by atoms with Crippen molar-refractivity contribution in [2.45, 2.75) is 5.75 Å². The molecule has 1 aromatic carbocycles. The van der Waals surface area contributed by atoms with E-state index in [1.165, 1.54) is 0 Å². The number of hydrogen-bond donors (Lipinski definition) is 1. The molecule has 0 amide bonds. The smallest absolute Gasteiger partial charge is 0.127 e. The summed E-state index contributed by atoms with van der Waals surface area (Å²) in [5, 5.41) is 19.2. The average Bonchev–Trinajstić information content (AvgIpc) is 2.37. The summed E-state index contributed by atoms with van der Waals surface area (Å²) in [4.78, 5) is 0. The lowest BCUT2D eigenvalue weighted by atomic mass is 10.2. The first-order valence-corrected chi connectivity index (χ1v) is 7.37. The predicted molar refractivity (Wildman–Crippen MR) is 82.2 cm³/mol. The molecule has 1 N–H and O–H groups in total. The molecule has 0 heterocycles. The fraction of sp³-hybridized carbons (Fsp3) is 0.0909. The van der Waals surface area contributed by atoms with Gasteiger partial charge in [-0.25, -0.2) is 0 Å². The number of rotatable bonds is 5. The van der Waals surface area contributed by atoms with E-state index in [2.05, 4.69) is 0 Å². The van der Waals surface area contributed by atoms with E-state index in [0.29, 0.717) is 5.75 Å². The van der Waals surface area contributed by atoms with E-state index in [1.807, 2.05) is 30.3 Å². The fourth-order valence-corrected chi connectivity index (χ4v) is 2.71. The lowest BCUT2D eigenvalue weighted by molar-refractivity contribution is 0.000409. The number of nitrogens with zero attached hydrogens (tertiary/aromatic N) is 1. The standard InChI is InChI=1S/C11H8Cl4NO2S/c12-8(10(13)14)9(16(17)18)11(15)19-6-7-4-2-1-3-5-7/h1-5,17H,6H2/q-1/b11-9-. The number of allylic oxidation sites excluding steroid dienone is 1. The molecule has 0 unspecified atom stereocenters. The van der Waals surface area contributed by atoms with E-state index < -0.39 is 5.23 Å². The van der Waals surface area contributed by atoms with Crippen molar-refractivity contribution >= 4 is 58.2 Å². The Bertz CT molecular complexity index is 487. The number of thioether (sulfide) groups is 1. The molecule has 0 saturated heterocycles. The van der Waals surface area contributed by atoms with Crippen molar-refractivity contribution in [1.29, 1.82) is 0 Å². The lowest BCUT2D eigenvalue weighted by Gasteiger charge is -2.25. The first-order chi connectivity index (χ1) is 8.93. The summed E-state index contributed by atoms with van der Waals surface area (Å²) in [7, 11) is 0. The maximum Gasteiger partial charge on any atom is 0.127 e. The van der Waals surface area contributed by atoms with Crippen molar-refractivity contribution in [3.8, 4) is 0 Å². The molecule has 0 aliphatic rings. The van der Waals surface area contributed by atoms with Crippen LogP contribution in [0.5, 0.6) is 0 Å². The zero-order valence-electron chi connectivity index (χ0n) is 9.32. The van der Waals surface area contributed by atoms with Gasteiger partial charge in [0.05, 0.1) is 10.7 Å². The molecular weight excluding hydrogens is 352 g/mol. The molecule has 1 aromatic rings. The highest BCUT2D eigenvalue weighted by Gasteiger charge is 2.14. The van der Waals surface area contributed by atoms with Crippen LogP contribution in [0.25, 0.3) is 0 Å². The maximum atomic E-state index is 11.0. The fourth-order valence-electron chi connectivity index (χ4n) is 1.12. The van der Waals surface area contributed by atoms with Gasteiger partial charge in [-0.05, 0) is 5.56 Å². The zero-order valence-corrected chi connectivity index (χ0v) is 13.2. The second-order valence-corrected chi connectivity index (χ2v) is 6.16. The summed E-state index contributed by atoms with van der Waals surface area (Å²) in [6, 6.07) is 9.44. The van der Waals surface area contributed by atoms with Crippen LogP contribution in [-0.2, 0) is 5.75 Å². The number of hydroxylamine groups is 2. The minimum atomic E-state index is -0.465. The van der Waals surface area contributed by atoms with Gasteiger partial charge in [-0.15, -0.1) is 11.8 Å². The topological polar surface area (TPSA) is 46.5 Å². The SMILES string of the molecule is [O-]N(O)/C(C(Cl)=C(Cl)Cl)=C(/Cl)SCc1ccccc1. The van der Waals surface area contributed by atoms with E-state index in [9.17, 15) is 5.21 Å². The van der Waals surface area contributed by atoms with Crippen LogP contribution in [0.15, 0.2) is 49.9 Å². The predicted octanol–water partition coefficient (Wildman–Crippen LogP) is 5.40. The van der Waals surface area contributed by atoms with Gasteiger partial charge in [0.15, 0.2) is 0 Å². The summed E-state index contributed by atoms with van der Waals surface area (Å²) >= 11 is 23.7. The maximum absolute atomic E-state index is 11.0. The summed E-state index contributed by atoms with van der Waals surface area (Å²) in [5.74, 6) is 0.501. The van der Waals surface area contributed by atoms with Crippen LogP contribution in [0.1, 0.15) is 5.56 Å². The Balaban J connectivity index is 2.89. The largest absolute Gasteiger partial charge is 0.733 e. The number of hydrogen-bond acceptors (Lipinski definition) is 4. The zero-order chi connectivity index (χ0) is 14.4. The molecule has 0 atom stereocenters. The van der Waals surface area contributed by atoms with Gasteiger partial charge < -0.3 is 10.4 Å². The number of benzene rings is 1. The summed E-state index contributed by atoms with van der Waals surface area (Å²) < 4.78 is -0.366. The highest BCUT2D eigenvalue weighted by Crippen LogP contribution is 2.36. The van der Waals surface area contributed by atoms with Crippen molar-refractivity contribution in [3.63, 3.8) is 0 Å². The van der Waals surface area contributed by atoms with E-state index >= 15 is 0 Å². The Morgan fingerprint density at radius 2 is 1.74 bits per heavy atom. The van der Waals surface area contributed by atoms with Crippen LogP contribution < -0.4 is 0 Å². The first-order valence-electron chi connectivity index (χ1n) is 4.87. The molecule has 0 bridgehead atoms. The van der Waals surface area contributed by atoms with E-state index in [4.69, 9.17) is 51.6 Å². The quantitative estimate of drug-likeness (QED) is 0.564. The molecule has 0 aliphatic heterocycles. The molecule has 104 valence electrons. The summed E-state index contributed by atoms with van der Waals surface area (Å²) in [6.07, 6.45) is 0. The van der Waals surface area contributed by atoms with Crippen molar-refractivity contribution in [1.82, 2.24) is 5.23 Å². The Hall–Kier alpha value is -0.0700. The normalized spacial score (nSPS) is 11.9. The molecular formula is C11H8Cl4NO2S-. The Labute approximate surface area is 134 Å². The van der Waals surface area contributed by atoms with E-state index in [0.717, 1.165) is 17.3 Å². The van der Waals surface area contributed by atoms with Crippen LogP contribution in [0, 0.1) is 5.21 Å². The van der Waals surface area contributed by atoms with Crippen molar-refractivity contribution in [2.75, 3.05) is 0 Å². The summed E-state index contributed by atoms with van der Waals surface area (Å²) in [6.45, 7) is 0. The van der Waals surface area contributed by atoms with Crippen molar-refractivity contribution < 1.29 is 5.21 Å². The Morgan fingerprint density at radius 1 is 1.16 bits per heavy atom.